The second-order valence-corrected chi connectivity index (χ2v) is 10.6. The van der Waals surface area contributed by atoms with Crippen molar-refractivity contribution in [2.75, 3.05) is 32.9 Å². The van der Waals surface area contributed by atoms with E-state index in [1.54, 1.807) is 13.1 Å². The lowest BCUT2D eigenvalue weighted by Gasteiger charge is -2.45. The Labute approximate surface area is 175 Å². The molecule has 1 aromatic carbocycles. The minimum absolute atomic E-state index is 0.0440. The van der Waals surface area contributed by atoms with E-state index in [0.717, 1.165) is 36.7 Å². The summed E-state index contributed by atoms with van der Waals surface area (Å²) < 4.78 is 29.4. The number of ether oxygens (including phenoxy) is 1. The minimum atomic E-state index is -3.20. The molecule has 1 aliphatic rings. The molecule has 0 aromatic heterocycles. The standard InChI is InChI=1S/C21H36N4O3S/c1-15-10-18(8-9-19(15)29(7,26)27)11-23-20(22-6)24-14-21(4,5)25-12-16(2)28-17(3)13-25/h8-10,16-17H,11-14H2,1-7H3,(H2,22,23,24). The van der Waals surface area contributed by atoms with E-state index in [1.807, 2.05) is 19.1 Å². The van der Waals surface area contributed by atoms with Crippen LogP contribution in [0.15, 0.2) is 28.1 Å². The summed E-state index contributed by atoms with van der Waals surface area (Å²) in [6.45, 7) is 13.6. The molecule has 0 amide bonds. The highest BCUT2D eigenvalue weighted by Gasteiger charge is 2.33. The Kier molecular flexibility index (Phi) is 7.70. The molecule has 7 nitrogen and oxygen atoms in total. The smallest absolute Gasteiger partial charge is 0.191 e. The Morgan fingerprint density at radius 3 is 2.38 bits per heavy atom. The van der Waals surface area contributed by atoms with Crippen LogP contribution in [0.4, 0.5) is 0 Å². The first kappa shape index (κ1) is 23.6. The van der Waals surface area contributed by atoms with Crippen molar-refractivity contribution in [1.29, 1.82) is 0 Å². The minimum Gasteiger partial charge on any atom is -0.373 e. The van der Waals surface area contributed by atoms with Gasteiger partial charge in [-0.25, -0.2) is 8.42 Å². The van der Waals surface area contributed by atoms with Crippen LogP contribution in [0.25, 0.3) is 0 Å². The first-order valence-corrected chi connectivity index (χ1v) is 12.0. The van der Waals surface area contributed by atoms with Gasteiger partial charge in [0.2, 0.25) is 0 Å². The zero-order chi connectivity index (χ0) is 21.8. The lowest BCUT2D eigenvalue weighted by molar-refractivity contribution is -0.0946. The number of sulfone groups is 1. The van der Waals surface area contributed by atoms with Crippen molar-refractivity contribution in [2.45, 2.75) is 63.8 Å². The first-order chi connectivity index (χ1) is 13.4. The van der Waals surface area contributed by atoms with Crippen LogP contribution in [0.1, 0.15) is 38.8 Å². The summed E-state index contributed by atoms with van der Waals surface area (Å²) in [6.07, 6.45) is 1.69. The molecule has 1 heterocycles. The average molecular weight is 425 g/mol. The van der Waals surface area contributed by atoms with Crippen LogP contribution in [-0.4, -0.2) is 70.0 Å². The molecule has 0 radical (unpaired) electrons. The third-order valence-electron chi connectivity index (χ3n) is 5.29. The van der Waals surface area contributed by atoms with Crippen LogP contribution in [0.5, 0.6) is 0 Å². The van der Waals surface area contributed by atoms with E-state index in [1.165, 1.54) is 6.26 Å². The highest BCUT2D eigenvalue weighted by atomic mass is 32.2. The molecule has 2 atom stereocenters. The molecule has 1 aromatic rings. The predicted molar refractivity (Wildman–Crippen MR) is 118 cm³/mol. The van der Waals surface area contributed by atoms with Crippen molar-refractivity contribution in [3.8, 4) is 0 Å². The lowest BCUT2D eigenvalue weighted by atomic mass is 10.00. The Balaban J connectivity index is 1.93. The molecule has 1 fully saturated rings. The maximum Gasteiger partial charge on any atom is 0.191 e. The van der Waals surface area contributed by atoms with Crippen LogP contribution in [0.3, 0.4) is 0 Å². The molecule has 164 valence electrons. The summed E-state index contributed by atoms with van der Waals surface area (Å²) in [4.78, 5) is 7.15. The zero-order valence-electron chi connectivity index (χ0n) is 18.7. The summed E-state index contributed by atoms with van der Waals surface area (Å²) in [5.41, 5.74) is 1.72. The van der Waals surface area contributed by atoms with Crippen molar-refractivity contribution >= 4 is 15.8 Å². The quantitative estimate of drug-likeness (QED) is 0.537. The predicted octanol–water partition coefficient (Wildman–Crippen LogP) is 1.95. The van der Waals surface area contributed by atoms with E-state index in [2.05, 4.69) is 48.2 Å². The summed E-state index contributed by atoms with van der Waals surface area (Å²) in [6, 6.07) is 5.41. The lowest BCUT2D eigenvalue weighted by Crippen LogP contribution is -2.59. The Morgan fingerprint density at radius 1 is 1.24 bits per heavy atom. The topological polar surface area (TPSA) is 83.0 Å². The zero-order valence-corrected chi connectivity index (χ0v) is 19.6. The van der Waals surface area contributed by atoms with Crippen LogP contribution in [0, 0.1) is 6.92 Å². The van der Waals surface area contributed by atoms with E-state index in [9.17, 15) is 8.42 Å². The molecule has 0 aliphatic carbocycles. The van der Waals surface area contributed by atoms with E-state index in [-0.39, 0.29) is 17.7 Å². The Morgan fingerprint density at radius 2 is 1.86 bits per heavy atom. The van der Waals surface area contributed by atoms with Gasteiger partial charge in [0.05, 0.1) is 17.1 Å². The van der Waals surface area contributed by atoms with Crippen molar-refractivity contribution in [1.82, 2.24) is 15.5 Å². The molecule has 2 unspecified atom stereocenters. The average Bonchev–Trinajstić information content (AvgIpc) is 2.60. The van der Waals surface area contributed by atoms with Gasteiger partial charge in [0.1, 0.15) is 0 Å². The molecule has 1 aliphatic heterocycles. The largest absolute Gasteiger partial charge is 0.373 e. The van der Waals surface area contributed by atoms with Crippen molar-refractivity contribution < 1.29 is 13.2 Å². The van der Waals surface area contributed by atoms with Gasteiger partial charge in [-0.3, -0.25) is 9.89 Å². The van der Waals surface area contributed by atoms with Crippen LogP contribution < -0.4 is 10.6 Å². The number of benzene rings is 1. The van der Waals surface area contributed by atoms with E-state index in [4.69, 9.17) is 4.74 Å². The van der Waals surface area contributed by atoms with Crippen LogP contribution in [0.2, 0.25) is 0 Å². The number of hydrogen-bond donors (Lipinski definition) is 2. The molecule has 8 heteroatoms. The van der Waals surface area contributed by atoms with Gasteiger partial charge in [0.25, 0.3) is 0 Å². The molecule has 0 spiro atoms. The van der Waals surface area contributed by atoms with Crippen LogP contribution in [-0.2, 0) is 21.1 Å². The fourth-order valence-electron chi connectivity index (χ4n) is 3.73. The number of guanidine groups is 1. The van der Waals surface area contributed by atoms with Gasteiger partial charge in [-0.15, -0.1) is 0 Å². The maximum atomic E-state index is 11.8. The number of hydrogen-bond acceptors (Lipinski definition) is 5. The number of aliphatic imine (C=N–C) groups is 1. The summed E-state index contributed by atoms with van der Waals surface area (Å²) in [5, 5.41) is 6.73. The molecule has 1 saturated heterocycles. The van der Waals surface area contributed by atoms with Crippen molar-refractivity contribution in [3.63, 3.8) is 0 Å². The van der Waals surface area contributed by atoms with Gasteiger partial charge in [0.15, 0.2) is 15.8 Å². The molecule has 2 rings (SSSR count). The van der Waals surface area contributed by atoms with Gasteiger partial charge < -0.3 is 15.4 Å². The maximum absolute atomic E-state index is 11.8. The Hall–Kier alpha value is -1.64. The molecule has 0 bridgehead atoms. The normalized spacial score (nSPS) is 21.8. The van der Waals surface area contributed by atoms with E-state index < -0.39 is 9.84 Å². The number of rotatable bonds is 6. The van der Waals surface area contributed by atoms with Crippen molar-refractivity contribution in [3.05, 3.63) is 29.3 Å². The second-order valence-electron chi connectivity index (χ2n) is 8.63. The third-order valence-corrected chi connectivity index (χ3v) is 6.54. The summed E-state index contributed by atoms with van der Waals surface area (Å²) in [7, 11) is -1.45. The molecular weight excluding hydrogens is 388 g/mol. The molecule has 29 heavy (non-hydrogen) atoms. The highest BCUT2D eigenvalue weighted by Crippen LogP contribution is 2.20. The summed E-state index contributed by atoms with van der Waals surface area (Å²) >= 11 is 0. The van der Waals surface area contributed by atoms with Gasteiger partial charge >= 0.3 is 0 Å². The van der Waals surface area contributed by atoms with Gasteiger partial charge in [-0.1, -0.05) is 12.1 Å². The van der Waals surface area contributed by atoms with Gasteiger partial charge in [-0.05, 0) is 51.8 Å². The van der Waals surface area contributed by atoms with Gasteiger partial charge in [-0.2, -0.15) is 0 Å². The monoisotopic (exact) mass is 424 g/mol. The first-order valence-electron chi connectivity index (χ1n) is 10.1. The fraction of sp³-hybridized carbons (Fsp3) is 0.667. The van der Waals surface area contributed by atoms with Crippen molar-refractivity contribution in [2.24, 2.45) is 4.99 Å². The van der Waals surface area contributed by atoms with E-state index >= 15 is 0 Å². The van der Waals surface area contributed by atoms with Gasteiger partial charge in [0, 0.05) is 45.0 Å². The van der Waals surface area contributed by atoms with Crippen LogP contribution >= 0.6 is 0 Å². The highest BCUT2D eigenvalue weighted by molar-refractivity contribution is 7.90. The number of nitrogens with zero attached hydrogens (tertiary/aromatic N) is 2. The molecule has 2 N–H and O–H groups in total. The fourth-order valence-corrected chi connectivity index (χ4v) is 4.69. The number of aryl methyl sites for hydroxylation is 1. The third kappa shape index (κ3) is 6.69. The molecule has 0 saturated carbocycles. The SMILES string of the molecule is CN=C(NCc1ccc(S(C)(=O)=O)c(C)c1)NCC(C)(C)N1CC(C)OC(C)C1. The number of nitrogens with one attached hydrogen (secondary N) is 2. The summed E-state index contributed by atoms with van der Waals surface area (Å²) in [5.74, 6) is 0.720. The molecular formula is C21H36N4O3S. The Bertz CT molecular complexity index is 826. The van der Waals surface area contributed by atoms with E-state index in [0.29, 0.717) is 11.4 Å². The number of morpholine rings is 1. The second kappa shape index (κ2) is 9.45.